The van der Waals surface area contributed by atoms with Crippen molar-refractivity contribution in [2.24, 2.45) is 0 Å². The third-order valence-corrected chi connectivity index (χ3v) is 4.05. The predicted molar refractivity (Wildman–Crippen MR) is 102 cm³/mol. The summed E-state index contributed by atoms with van der Waals surface area (Å²) in [5.74, 6) is -0.205. The smallest absolute Gasteiger partial charge is 0.259 e. The van der Waals surface area contributed by atoms with Crippen LogP contribution in [-0.4, -0.2) is 31.5 Å². The molecule has 1 amide bonds. The van der Waals surface area contributed by atoms with E-state index in [1.54, 1.807) is 44.4 Å². The van der Waals surface area contributed by atoms with E-state index in [-0.39, 0.29) is 23.8 Å². The molecule has 1 aromatic heterocycles. The number of nitrogens with one attached hydrogen (secondary N) is 1. The molecule has 1 heterocycles. The lowest BCUT2D eigenvalue weighted by molar-refractivity contribution is -0.130. The Hall–Kier alpha value is -3.35. The molecule has 0 saturated carbocycles. The molecule has 2 aromatic carbocycles. The van der Waals surface area contributed by atoms with Crippen molar-refractivity contribution < 1.29 is 22.7 Å². The molecular formula is C21H20F2N2O3. The van der Waals surface area contributed by atoms with Crippen LogP contribution in [0, 0.1) is 11.6 Å². The lowest BCUT2D eigenvalue weighted by Gasteiger charge is -2.11. The first kappa shape index (κ1) is 19.4. The van der Waals surface area contributed by atoms with Gasteiger partial charge in [0.1, 0.15) is 28.9 Å². The quantitative estimate of drug-likeness (QED) is 0.658. The van der Waals surface area contributed by atoms with E-state index in [0.29, 0.717) is 18.1 Å². The summed E-state index contributed by atoms with van der Waals surface area (Å²) in [4.78, 5) is 13.0. The van der Waals surface area contributed by atoms with E-state index < -0.39 is 11.6 Å². The van der Waals surface area contributed by atoms with E-state index in [4.69, 9.17) is 9.15 Å². The average Bonchev–Trinajstić information content (AvgIpc) is 3.13. The number of carbonyl (C=O) groups is 1. The molecule has 5 nitrogen and oxygen atoms in total. The molecular weight excluding hydrogens is 366 g/mol. The maximum Gasteiger partial charge on any atom is 0.259 e. The number of ether oxygens (including phenoxy) is 1. The number of halogens is 2. The molecule has 0 fully saturated rings. The topological polar surface area (TPSA) is 54.7 Å². The second-order valence-electron chi connectivity index (χ2n) is 6.32. The van der Waals surface area contributed by atoms with Gasteiger partial charge in [-0.1, -0.05) is 6.07 Å². The van der Waals surface area contributed by atoms with E-state index in [2.05, 4.69) is 5.32 Å². The van der Waals surface area contributed by atoms with Gasteiger partial charge in [-0.2, -0.15) is 0 Å². The summed E-state index contributed by atoms with van der Waals surface area (Å²) in [7, 11) is 3.33. The van der Waals surface area contributed by atoms with Gasteiger partial charge in [0.25, 0.3) is 5.91 Å². The van der Waals surface area contributed by atoms with Gasteiger partial charge in [-0.25, -0.2) is 8.78 Å². The standard InChI is InChI=1S/C21H20F2N2O3/c1-25(2)20(26)13-27-15-8-6-14(7-9-15)24-12-16-10-11-19(28-16)21-17(22)4-3-5-18(21)23/h3-11,24H,12-13H2,1-2H3. The molecule has 7 heteroatoms. The van der Waals surface area contributed by atoms with Crippen LogP contribution in [0.2, 0.25) is 0 Å². The van der Waals surface area contributed by atoms with Crippen molar-refractivity contribution in [2.45, 2.75) is 6.54 Å². The maximum atomic E-state index is 13.8. The van der Waals surface area contributed by atoms with Crippen LogP contribution in [0.1, 0.15) is 5.76 Å². The van der Waals surface area contributed by atoms with Gasteiger partial charge in [0.2, 0.25) is 0 Å². The summed E-state index contributed by atoms with van der Waals surface area (Å²) < 4.78 is 38.6. The first-order chi connectivity index (χ1) is 13.4. The van der Waals surface area contributed by atoms with E-state index in [1.165, 1.54) is 29.2 Å². The normalized spacial score (nSPS) is 10.6. The van der Waals surface area contributed by atoms with Gasteiger partial charge in [-0.3, -0.25) is 4.79 Å². The van der Waals surface area contributed by atoms with Crippen LogP contribution in [0.3, 0.4) is 0 Å². The SMILES string of the molecule is CN(C)C(=O)COc1ccc(NCc2ccc(-c3c(F)cccc3F)o2)cc1. The molecule has 0 radical (unpaired) electrons. The molecule has 3 rings (SSSR count). The van der Waals surface area contributed by atoms with Crippen molar-refractivity contribution in [3.05, 3.63) is 72.0 Å². The molecule has 0 aliphatic rings. The summed E-state index contributed by atoms with van der Waals surface area (Å²) in [6, 6.07) is 14.0. The summed E-state index contributed by atoms with van der Waals surface area (Å²) in [5.41, 5.74) is 0.629. The Morgan fingerprint density at radius 1 is 1.04 bits per heavy atom. The molecule has 0 unspecified atom stereocenters. The lowest BCUT2D eigenvalue weighted by atomic mass is 10.1. The minimum absolute atomic E-state index is 0.0262. The average molecular weight is 386 g/mol. The van der Waals surface area contributed by atoms with E-state index in [9.17, 15) is 13.6 Å². The van der Waals surface area contributed by atoms with Gasteiger partial charge in [0, 0.05) is 19.8 Å². The molecule has 0 aliphatic heterocycles. The molecule has 146 valence electrons. The predicted octanol–water partition coefficient (Wildman–Crippen LogP) is 4.30. The fourth-order valence-electron chi connectivity index (χ4n) is 2.47. The molecule has 0 saturated heterocycles. The van der Waals surface area contributed by atoms with Gasteiger partial charge in [0.15, 0.2) is 6.61 Å². The number of hydrogen-bond donors (Lipinski definition) is 1. The number of amides is 1. The van der Waals surface area contributed by atoms with Crippen molar-refractivity contribution in [2.75, 3.05) is 26.0 Å². The number of rotatable bonds is 7. The van der Waals surface area contributed by atoms with Crippen LogP contribution in [0.15, 0.2) is 59.0 Å². The van der Waals surface area contributed by atoms with Gasteiger partial charge in [-0.15, -0.1) is 0 Å². The second-order valence-corrected chi connectivity index (χ2v) is 6.32. The van der Waals surface area contributed by atoms with E-state index in [1.807, 2.05) is 0 Å². The number of nitrogens with zero attached hydrogens (tertiary/aromatic N) is 1. The minimum atomic E-state index is -0.669. The third-order valence-electron chi connectivity index (χ3n) is 4.05. The zero-order chi connectivity index (χ0) is 20.1. The van der Waals surface area contributed by atoms with Crippen molar-refractivity contribution >= 4 is 11.6 Å². The summed E-state index contributed by atoms with van der Waals surface area (Å²) in [5, 5.41) is 3.15. The van der Waals surface area contributed by atoms with Crippen LogP contribution in [0.4, 0.5) is 14.5 Å². The lowest BCUT2D eigenvalue weighted by Crippen LogP contribution is -2.27. The summed E-state index contributed by atoms with van der Waals surface area (Å²) in [6.07, 6.45) is 0. The van der Waals surface area contributed by atoms with Gasteiger partial charge in [0.05, 0.1) is 12.1 Å². The summed E-state index contributed by atoms with van der Waals surface area (Å²) >= 11 is 0. The molecule has 0 aliphatic carbocycles. The number of likely N-dealkylation sites (N-methyl/N-ethyl adjacent to an activating group) is 1. The number of benzene rings is 2. The van der Waals surface area contributed by atoms with Crippen LogP contribution in [0.5, 0.6) is 5.75 Å². The highest BCUT2D eigenvalue weighted by Gasteiger charge is 2.14. The van der Waals surface area contributed by atoms with Crippen LogP contribution in [0.25, 0.3) is 11.3 Å². The van der Waals surface area contributed by atoms with Crippen molar-refractivity contribution in [3.8, 4) is 17.1 Å². The summed E-state index contributed by atoms with van der Waals surface area (Å²) in [6.45, 7) is 0.316. The van der Waals surface area contributed by atoms with Crippen LogP contribution in [-0.2, 0) is 11.3 Å². The third kappa shape index (κ3) is 4.68. The molecule has 1 N–H and O–H groups in total. The first-order valence-electron chi connectivity index (χ1n) is 8.64. The molecule has 3 aromatic rings. The molecule has 0 spiro atoms. The fourth-order valence-corrected chi connectivity index (χ4v) is 2.47. The van der Waals surface area contributed by atoms with E-state index in [0.717, 1.165) is 5.69 Å². The van der Waals surface area contributed by atoms with Gasteiger partial charge >= 0.3 is 0 Å². The Morgan fingerprint density at radius 2 is 1.71 bits per heavy atom. The van der Waals surface area contributed by atoms with E-state index >= 15 is 0 Å². The Morgan fingerprint density at radius 3 is 2.36 bits per heavy atom. The zero-order valence-corrected chi connectivity index (χ0v) is 15.5. The van der Waals surface area contributed by atoms with Gasteiger partial charge < -0.3 is 19.4 Å². The Kier molecular flexibility index (Phi) is 5.93. The Bertz CT molecular complexity index is 932. The monoisotopic (exact) mass is 386 g/mol. The second kappa shape index (κ2) is 8.56. The highest BCUT2D eigenvalue weighted by molar-refractivity contribution is 5.77. The Labute approximate surface area is 161 Å². The van der Waals surface area contributed by atoms with Crippen molar-refractivity contribution in [3.63, 3.8) is 0 Å². The number of anilines is 1. The molecule has 0 bridgehead atoms. The highest BCUT2D eigenvalue weighted by atomic mass is 19.1. The highest BCUT2D eigenvalue weighted by Crippen LogP contribution is 2.28. The number of carbonyl (C=O) groups excluding carboxylic acids is 1. The fraction of sp³-hybridized carbons (Fsp3) is 0.190. The van der Waals surface area contributed by atoms with Crippen molar-refractivity contribution in [1.29, 1.82) is 0 Å². The first-order valence-corrected chi connectivity index (χ1v) is 8.64. The van der Waals surface area contributed by atoms with Crippen LogP contribution < -0.4 is 10.1 Å². The molecule has 28 heavy (non-hydrogen) atoms. The molecule has 0 atom stereocenters. The minimum Gasteiger partial charge on any atom is -0.484 e. The number of furan rings is 1. The van der Waals surface area contributed by atoms with Gasteiger partial charge in [-0.05, 0) is 48.5 Å². The number of hydrogen-bond acceptors (Lipinski definition) is 4. The maximum absolute atomic E-state index is 13.8. The van der Waals surface area contributed by atoms with Crippen molar-refractivity contribution in [1.82, 2.24) is 4.90 Å². The van der Waals surface area contributed by atoms with Crippen LogP contribution >= 0.6 is 0 Å². The Balaban J connectivity index is 1.58. The largest absolute Gasteiger partial charge is 0.484 e. The zero-order valence-electron chi connectivity index (χ0n) is 15.5.